The van der Waals surface area contributed by atoms with Crippen molar-refractivity contribution in [2.75, 3.05) is 19.5 Å². The zero-order valence-corrected chi connectivity index (χ0v) is 18.1. The number of aromatic carboxylic acids is 1. The van der Waals surface area contributed by atoms with E-state index in [4.69, 9.17) is 14.6 Å². The van der Waals surface area contributed by atoms with Crippen LogP contribution in [0.1, 0.15) is 31.8 Å². The highest BCUT2D eigenvalue weighted by Gasteiger charge is 2.37. The Hall–Kier alpha value is -4.42. The highest BCUT2D eigenvalue weighted by Crippen LogP contribution is 2.40. The van der Waals surface area contributed by atoms with Crippen LogP contribution in [0.3, 0.4) is 0 Å². The molecule has 2 N–H and O–H groups in total. The summed E-state index contributed by atoms with van der Waals surface area (Å²) in [6.07, 6.45) is -4.42. The molecule has 0 saturated heterocycles. The number of halogens is 4. The molecule has 2 heterocycles. The number of carbonyl (C=O) groups is 2. The Bertz CT molecular complexity index is 1350. The average molecular weight is 492 g/mol. The molecule has 4 rings (SSSR count). The Kier molecular flexibility index (Phi) is 5.92. The summed E-state index contributed by atoms with van der Waals surface area (Å²) >= 11 is 0. The van der Waals surface area contributed by atoms with Crippen LogP contribution in [-0.2, 0) is 12.7 Å². The number of rotatable bonds is 6. The van der Waals surface area contributed by atoms with Gasteiger partial charge in [-0.25, -0.2) is 14.2 Å². The fraction of sp³-hybridized carbons (Fsp3) is 0.182. The summed E-state index contributed by atoms with van der Waals surface area (Å²) in [6, 6.07) is 6.21. The lowest BCUT2D eigenvalue weighted by molar-refractivity contribution is -0.139. The third-order valence-electron chi connectivity index (χ3n) is 5.11. The maximum atomic E-state index is 14.2. The number of anilines is 2. The summed E-state index contributed by atoms with van der Waals surface area (Å²) < 4.78 is 65.6. The first-order valence-corrected chi connectivity index (χ1v) is 9.87. The molecule has 1 amide bonds. The zero-order valence-electron chi connectivity index (χ0n) is 18.1. The van der Waals surface area contributed by atoms with Gasteiger partial charge in [0.15, 0.2) is 0 Å². The van der Waals surface area contributed by atoms with Crippen LogP contribution in [0.2, 0.25) is 0 Å². The molecule has 0 aliphatic carbocycles. The van der Waals surface area contributed by atoms with Crippen molar-refractivity contribution < 1.29 is 41.7 Å². The van der Waals surface area contributed by atoms with E-state index in [2.05, 4.69) is 15.3 Å². The molecule has 0 atom stereocenters. The second-order valence-electron chi connectivity index (χ2n) is 7.43. The van der Waals surface area contributed by atoms with Gasteiger partial charge in [0.25, 0.3) is 5.91 Å². The minimum absolute atomic E-state index is 0.115. The number of fused-ring (bicyclic) bond motifs is 1. The zero-order chi connectivity index (χ0) is 25.5. The third-order valence-corrected chi connectivity index (χ3v) is 5.11. The van der Waals surface area contributed by atoms with Crippen LogP contribution >= 0.6 is 0 Å². The SMILES string of the molecule is COc1cc(C(=O)O)c(F)cc1Nc1ncc(C(F)(F)F)c(Oc2cccc3c2C(=O)N(C)C3)n1. The molecule has 0 spiro atoms. The van der Waals surface area contributed by atoms with E-state index in [1.807, 2.05) is 0 Å². The monoisotopic (exact) mass is 492 g/mol. The molecule has 35 heavy (non-hydrogen) atoms. The van der Waals surface area contributed by atoms with Crippen molar-refractivity contribution in [3.8, 4) is 17.4 Å². The molecule has 3 aromatic rings. The molecular weight excluding hydrogens is 476 g/mol. The summed E-state index contributed by atoms with van der Waals surface area (Å²) in [6.45, 7) is 0.270. The number of ether oxygens (including phenoxy) is 2. The molecule has 1 aliphatic rings. The second-order valence-corrected chi connectivity index (χ2v) is 7.43. The molecule has 1 aliphatic heterocycles. The predicted molar refractivity (Wildman–Crippen MR) is 113 cm³/mol. The first-order chi connectivity index (χ1) is 16.5. The largest absolute Gasteiger partial charge is 0.495 e. The van der Waals surface area contributed by atoms with E-state index >= 15 is 0 Å². The number of nitrogens with one attached hydrogen (secondary N) is 1. The molecule has 0 radical (unpaired) electrons. The number of nitrogens with zero attached hydrogens (tertiary/aromatic N) is 3. The van der Waals surface area contributed by atoms with Crippen LogP contribution in [0.5, 0.6) is 17.4 Å². The highest BCUT2D eigenvalue weighted by molar-refractivity contribution is 6.00. The number of hydrogen-bond donors (Lipinski definition) is 2. The van der Waals surface area contributed by atoms with Gasteiger partial charge in [0.1, 0.15) is 22.9 Å². The summed E-state index contributed by atoms with van der Waals surface area (Å²) in [5, 5.41) is 11.6. The van der Waals surface area contributed by atoms with Crippen LogP contribution < -0.4 is 14.8 Å². The van der Waals surface area contributed by atoms with Crippen molar-refractivity contribution in [3.05, 3.63) is 64.6 Å². The third kappa shape index (κ3) is 4.52. The topological polar surface area (TPSA) is 114 Å². The average Bonchev–Trinajstić information content (AvgIpc) is 3.07. The van der Waals surface area contributed by atoms with Gasteiger partial charge < -0.3 is 24.8 Å². The smallest absolute Gasteiger partial charge is 0.423 e. The van der Waals surface area contributed by atoms with E-state index in [0.29, 0.717) is 11.8 Å². The molecule has 13 heteroatoms. The number of hydrogen-bond acceptors (Lipinski definition) is 7. The summed E-state index contributed by atoms with van der Waals surface area (Å²) in [4.78, 5) is 32.4. The fourth-order valence-corrected chi connectivity index (χ4v) is 3.46. The lowest BCUT2D eigenvalue weighted by Crippen LogP contribution is -2.18. The van der Waals surface area contributed by atoms with Gasteiger partial charge in [-0.05, 0) is 17.7 Å². The van der Waals surface area contributed by atoms with Crippen molar-refractivity contribution in [1.29, 1.82) is 0 Å². The van der Waals surface area contributed by atoms with Crippen LogP contribution in [0.25, 0.3) is 0 Å². The van der Waals surface area contributed by atoms with Gasteiger partial charge in [0.05, 0.1) is 23.9 Å². The highest BCUT2D eigenvalue weighted by atomic mass is 19.4. The normalized spacial score (nSPS) is 13.0. The molecule has 1 aromatic heterocycles. The number of carboxylic acid groups (broad SMARTS) is 1. The number of methoxy groups -OCH3 is 1. The molecule has 0 fully saturated rings. The fourth-order valence-electron chi connectivity index (χ4n) is 3.46. The minimum atomic E-state index is -4.89. The number of benzene rings is 2. The first-order valence-electron chi connectivity index (χ1n) is 9.87. The summed E-state index contributed by atoms with van der Waals surface area (Å²) in [7, 11) is 2.73. The number of alkyl halides is 3. The van der Waals surface area contributed by atoms with Gasteiger partial charge in [-0.3, -0.25) is 4.79 Å². The van der Waals surface area contributed by atoms with Gasteiger partial charge in [-0.2, -0.15) is 18.2 Å². The number of amides is 1. The Morgan fingerprint density at radius 3 is 2.63 bits per heavy atom. The van der Waals surface area contributed by atoms with E-state index in [1.54, 1.807) is 13.1 Å². The van der Waals surface area contributed by atoms with Gasteiger partial charge in [-0.15, -0.1) is 0 Å². The van der Waals surface area contributed by atoms with Crippen molar-refractivity contribution >= 4 is 23.5 Å². The minimum Gasteiger partial charge on any atom is -0.495 e. The maximum absolute atomic E-state index is 14.2. The van der Waals surface area contributed by atoms with Crippen molar-refractivity contribution in [2.45, 2.75) is 12.7 Å². The van der Waals surface area contributed by atoms with E-state index in [0.717, 1.165) is 12.1 Å². The Labute approximate surface area is 194 Å². The van der Waals surface area contributed by atoms with Gasteiger partial charge in [0.2, 0.25) is 11.8 Å². The van der Waals surface area contributed by atoms with Crippen molar-refractivity contribution in [1.82, 2.24) is 14.9 Å². The van der Waals surface area contributed by atoms with Crippen LogP contribution in [0, 0.1) is 5.82 Å². The molecule has 0 saturated carbocycles. The van der Waals surface area contributed by atoms with E-state index < -0.39 is 46.8 Å². The van der Waals surface area contributed by atoms with E-state index in [9.17, 15) is 27.2 Å². The quantitative estimate of drug-likeness (QED) is 0.485. The molecule has 0 bridgehead atoms. The lowest BCUT2D eigenvalue weighted by atomic mass is 10.1. The van der Waals surface area contributed by atoms with Crippen molar-refractivity contribution in [2.24, 2.45) is 0 Å². The summed E-state index contributed by atoms with van der Waals surface area (Å²) in [5.41, 5.74) is -1.42. The van der Waals surface area contributed by atoms with Crippen LogP contribution in [0.15, 0.2) is 36.5 Å². The molecule has 182 valence electrons. The Morgan fingerprint density at radius 2 is 1.97 bits per heavy atom. The Balaban J connectivity index is 1.75. The standard InChI is InChI=1S/C22H16F4N4O5/c1-30-9-10-4-3-5-15(17(10)19(30)31)35-18-12(22(24,25)26)8-27-21(29-18)28-14-7-13(23)11(20(32)33)6-16(14)34-2/h3-8H,9H2,1-2H3,(H,32,33)(H,27,28,29). The maximum Gasteiger partial charge on any atom is 0.423 e. The number of carbonyl (C=O) groups excluding carboxylic acids is 1. The van der Waals surface area contributed by atoms with Gasteiger partial charge in [0, 0.05) is 25.9 Å². The van der Waals surface area contributed by atoms with Gasteiger partial charge >= 0.3 is 12.1 Å². The predicted octanol–water partition coefficient (Wildman–Crippen LogP) is 4.46. The molecular formula is C22H16F4N4O5. The van der Waals surface area contributed by atoms with E-state index in [1.165, 1.54) is 24.1 Å². The van der Waals surface area contributed by atoms with Gasteiger partial charge in [-0.1, -0.05) is 12.1 Å². The lowest BCUT2D eigenvalue weighted by Gasteiger charge is -2.16. The summed E-state index contributed by atoms with van der Waals surface area (Å²) in [5.74, 6) is -4.64. The Morgan fingerprint density at radius 1 is 1.23 bits per heavy atom. The molecule has 0 unspecified atom stereocenters. The molecule has 2 aromatic carbocycles. The van der Waals surface area contributed by atoms with Crippen LogP contribution in [-0.4, -0.2) is 46.0 Å². The number of aromatic nitrogens is 2. The van der Waals surface area contributed by atoms with Crippen molar-refractivity contribution in [3.63, 3.8) is 0 Å². The second kappa shape index (κ2) is 8.74. The molecule has 9 nitrogen and oxygen atoms in total. The van der Waals surface area contributed by atoms with E-state index in [-0.39, 0.29) is 29.3 Å². The number of carboxylic acids is 1. The first kappa shape index (κ1) is 23.7. The van der Waals surface area contributed by atoms with Crippen LogP contribution in [0.4, 0.5) is 29.2 Å².